The number of amides is 2. The molecule has 0 aliphatic rings. The zero-order valence-electron chi connectivity index (χ0n) is 14.2. The number of aromatic nitrogens is 2. The van der Waals surface area contributed by atoms with Gasteiger partial charge in [-0.1, -0.05) is 30.3 Å². The van der Waals surface area contributed by atoms with Crippen LogP contribution in [0.1, 0.15) is 21.0 Å². The maximum atomic E-state index is 12.3. The van der Waals surface area contributed by atoms with Gasteiger partial charge in [-0.2, -0.15) is 5.10 Å². The van der Waals surface area contributed by atoms with Crippen LogP contribution >= 0.6 is 15.9 Å². The number of fused-ring (bicyclic) bond motifs is 1. The molecule has 0 unspecified atom stereocenters. The minimum Gasteiger partial charge on any atom is -0.504 e. The average molecular weight is 441 g/mol. The first kappa shape index (κ1) is 17.8. The SMILES string of the molecule is O=C(NNC(=O)c1nn(-c2ccccc2)cc1O)c1cc2cccc(Br)c2o1. The number of carbonyl (C=O) groups is 2. The topological polar surface area (TPSA) is 109 Å². The van der Waals surface area contributed by atoms with Crippen molar-refractivity contribution in [1.29, 1.82) is 0 Å². The zero-order chi connectivity index (χ0) is 19.7. The molecule has 0 saturated carbocycles. The van der Waals surface area contributed by atoms with Crippen LogP contribution in [0.25, 0.3) is 16.7 Å². The Kier molecular flexibility index (Phi) is 4.58. The summed E-state index contributed by atoms with van der Waals surface area (Å²) < 4.78 is 7.58. The highest BCUT2D eigenvalue weighted by atomic mass is 79.9. The summed E-state index contributed by atoms with van der Waals surface area (Å²) in [5, 5.41) is 14.8. The van der Waals surface area contributed by atoms with Gasteiger partial charge in [0.15, 0.2) is 17.2 Å². The molecule has 4 rings (SSSR count). The zero-order valence-corrected chi connectivity index (χ0v) is 15.8. The van der Waals surface area contributed by atoms with Crippen molar-refractivity contribution in [3.8, 4) is 11.4 Å². The third kappa shape index (κ3) is 3.35. The molecule has 140 valence electrons. The highest BCUT2D eigenvalue weighted by molar-refractivity contribution is 9.10. The Balaban J connectivity index is 1.47. The predicted octanol–water partition coefficient (Wildman–Crippen LogP) is 3.16. The minimum absolute atomic E-state index is 0.0289. The van der Waals surface area contributed by atoms with Crippen molar-refractivity contribution in [2.24, 2.45) is 0 Å². The second-order valence-electron chi connectivity index (χ2n) is 5.82. The van der Waals surface area contributed by atoms with Crippen molar-refractivity contribution in [3.63, 3.8) is 0 Å². The largest absolute Gasteiger partial charge is 0.504 e. The number of rotatable bonds is 3. The van der Waals surface area contributed by atoms with Gasteiger partial charge in [0, 0.05) is 5.39 Å². The lowest BCUT2D eigenvalue weighted by Crippen LogP contribution is -2.41. The fourth-order valence-electron chi connectivity index (χ4n) is 2.61. The molecule has 3 N–H and O–H groups in total. The van der Waals surface area contributed by atoms with Crippen molar-refractivity contribution < 1.29 is 19.1 Å². The standard InChI is InChI=1S/C19H13BrN4O4/c20-13-8-4-5-11-9-15(28-17(11)13)18(26)21-22-19(27)16-14(25)10-24(23-16)12-6-2-1-3-7-12/h1-10,25H,(H,21,26)(H,22,27). The lowest BCUT2D eigenvalue weighted by molar-refractivity contribution is 0.0828. The molecular formula is C19H13BrN4O4. The van der Waals surface area contributed by atoms with Crippen LogP contribution in [-0.4, -0.2) is 26.7 Å². The maximum absolute atomic E-state index is 12.3. The van der Waals surface area contributed by atoms with Crippen LogP contribution in [0.2, 0.25) is 0 Å². The number of furan rings is 1. The second kappa shape index (κ2) is 7.20. The summed E-state index contributed by atoms with van der Waals surface area (Å²) in [5.41, 5.74) is 5.44. The molecule has 8 nitrogen and oxygen atoms in total. The molecule has 0 fully saturated rings. The Labute approximate surface area is 166 Å². The molecule has 4 aromatic rings. The first-order valence-electron chi connectivity index (χ1n) is 8.16. The number of hydrogen-bond donors (Lipinski definition) is 3. The number of halogens is 1. The number of para-hydroxylation sites is 2. The van der Waals surface area contributed by atoms with E-state index in [1.807, 2.05) is 12.1 Å². The molecular weight excluding hydrogens is 428 g/mol. The molecule has 0 radical (unpaired) electrons. The van der Waals surface area contributed by atoms with Crippen LogP contribution in [0.3, 0.4) is 0 Å². The van der Waals surface area contributed by atoms with Crippen LogP contribution < -0.4 is 10.9 Å². The molecule has 9 heteroatoms. The molecule has 0 aliphatic carbocycles. The molecule has 2 heterocycles. The van der Waals surface area contributed by atoms with E-state index in [1.54, 1.807) is 42.5 Å². The quantitative estimate of drug-likeness (QED) is 0.424. The van der Waals surface area contributed by atoms with E-state index < -0.39 is 11.8 Å². The van der Waals surface area contributed by atoms with Crippen LogP contribution in [-0.2, 0) is 0 Å². The van der Waals surface area contributed by atoms with E-state index in [-0.39, 0.29) is 17.2 Å². The van der Waals surface area contributed by atoms with Crippen LogP contribution in [0, 0.1) is 0 Å². The first-order chi connectivity index (χ1) is 13.5. The van der Waals surface area contributed by atoms with Gasteiger partial charge in [0.2, 0.25) is 0 Å². The summed E-state index contributed by atoms with van der Waals surface area (Å²) >= 11 is 3.35. The van der Waals surface area contributed by atoms with Gasteiger partial charge >= 0.3 is 5.91 Å². The van der Waals surface area contributed by atoms with Crippen LogP contribution in [0.5, 0.6) is 5.75 Å². The second-order valence-corrected chi connectivity index (χ2v) is 6.67. The van der Waals surface area contributed by atoms with Gasteiger partial charge in [0.05, 0.1) is 16.4 Å². The lowest BCUT2D eigenvalue weighted by Gasteiger charge is -2.04. The third-order valence-corrected chi connectivity index (χ3v) is 4.56. The Morgan fingerprint density at radius 1 is 1.04 bits per heavy atom. The monoisotopic (exact) mass is 440 g/mol. The van der Waals surface area contributed by atoms with Crippen LogP contribution in [0.4, 0.5) is 0 Å². The van der Waals surface area contributed by atoms with Crippen molar-refractivity contribution in [2.75, 3.05) is 0 Å². The lowest BCUT2D eigenvalue weighted by atomic mass is 10.2. The fourth-order valence-corrected chi connectivity index (χ4v) is 3.08. The van der Waals surface area contributed by atoms with E-state index in [4.69, 9.17) is 4.42 Å². The van der Waals surface area contributed by atoms with Crippen LogP contribution in [0.15, 0.2) is 69.7 Å². The predicted molar refractivity (Wildman–Crippen MR) is 104 cm³/mol. The van der Waals surface area contributed by atoms with Crippen molar-refractivity contribution in [3.05, 3.63) is 76.7 Å². The summed E-state index contributed by atoms with van der Waals surface area (Å²) in [7, 11) is 0. The molecule has 2 aromatic carbocycles. The third-order valence-electron chi connectivity index (χ3n) is 3.94. The van der Waals surface area contributed by atoms with Gasteiger partial charge in [0.25, 0.3) is 5.91 Å². The smallest absolute Gasteiger partial charge is 0.305 e. The van der Waals surface area contributed by atoms with Crippen molar-refractivity contribution >= 4 is 38.7 Å². The highest BCUT2D eigenvalue weighted by Gasteiger charge is 2.19. The number of nitrogens with one attached hydrogen (secondary N) is 2. The maximum Gasteiger partial charge on any atom is 0.305 e. The van der Waals surface area contributed by atoms with Gasteiger partial charge in [-0.25, -0.2) is 4.68 Å². The molecule has 2 amide bonds. The first-order valence-corrected chi connectivity index (χ1v) is 8.95. The average Bonchev–Trinajstić information content (AvgIpc) is 3.31. The summed E-state index contributed by atoms with van der Waals surface area (Å²) in [5.74, 6) is -1.69. The normalized spacial score (nSPS) is 10.8. The van der Waals surface area contributed by atoms with E-state index in [0.717, 1.165) is 5.39 Å². The Bertz CT molecular complexity index is 1180. The molecule has 0 saturated heterocycles. The Hall–Kier alpha value is -3.59. The van der Waals surface area contributed by atoms with E-state index in [1.165, 1.54) is 10.9 Å². The summed E-state index contributed by atoms with van der Waals surface area (Å²) in [6.07, 6.45) is 1.31. The molecule has 28 heavy (non-hydrogen) atoms. The number of hydrogen-bond acceptors (Lipinski definition) is 5. The number of carbonyl (C=O) groups excluding carboxylic acids is 2. The summed E-state index contributed by atoms with van der Waals surface area (Å²) in [4.78, 5) is 24.5. The summed E-state index contributed by atoms with van der Waals surface area (Å²) in [6, 6.07) is 16.0. The molecule has 2 aromatic heterocycles. The number of aromatic hydroxyl groups is 1. The summed E-state index contributed by atoms with van der Waals surface area (Å²) in [6.45, 7) is 0. The number of hydrazine groups is 1. The van der Waals surface area contributed by atoms with Gasteiger partial charge in [-0.15, -0.1) is 0 Å². The molecule has 0 atom stereocenters. The number of benzene rings is 2. The van der Waals surface area contributed by atoms with Gasteiger partial charge < -0.3 is 9.52 Å². The van der Waals surface area contributed by atoms with Gasteiger partial charge in [0.1, 0.15) is 5.58 Å². The van der Waals surface area contributed by atoms with E-state index in [9.17, 15) is 14.7 Å². The Morgan fingerprint density at radius 3 is 2.54 bits per heavy atom. The molecule has 0 spiro atoms. The Morgan fingerprint density at radius 2 is 1.79 bits per heavy atom. The van der Waals surface area contributed by atoms with E-state index >= 15 is 0 Å². The highest BCUT2D eigenvalue weighted by Crippen LogP contribution is 2.26. The van der Waals surface area contributed by atoms with E-state index in [2.05, 4.69) is 31.9 Å². The van der Waals surface area contributed by atoms with Gasteiger partial charge in [-0.05, 0) is 40.2 Å². The minimum atomic E-state index is -0.766. The number of nitrogens with zero attached hydrogens (tertiary/aromatic N) is 2. The molecule has 0 bridgehead atoms. The molecule has 0 aliphatic heterocycles. The van der Waals surface area contributed by atoms with Crippen molar-refractivity contribution in [2.45, 2.75) is 0 Å². The van der Waals surface area contributed by atoms with Gasteiger partial charge in [-0.3, -0.25) is 20.4 Å². The van der Waals surface area contributed by atoms with E-state index in [0.29, 0.717) is 15.7 Å². The fraction of sp³-hybridized carbons (Fsp3) is 0. The van der Waals surface area contributed by atoms with Crippen molar-refractivity contribution in [1.82, 2.24) is 20.6 Å².